The Balaban J connectivity index is 1.95. The highest BCUT2D eigenvalue weighted by Crippen LogP contribution is 2.15. The molecule has 1 unspecified atom stereocenters. The first-order valence-corrected chi connectivity index (χ1v) is 6.02. The predicted octanol–water partition coefficient (Wildman–Crippen LogP) is 0.579. The number of carboxylic acids is 1. The zero-order valence-electron chi connectivity index (χ0n) is 9.83. The summed E-state index contributed by atoms with van der Waals surface area (Å²) in [5.74, 6) is 0.465. The van der Waals surface area contributed by atoms with Crippen molar-refractivity contribution in [2.24, 2.45) is 5.92 Å². The van der Waals surface area contributed by atoms with Gasteiger partial charge in [0.05, 0.1) is 5.56 Å². The van der Waals surface area contributed by atoms with Crippen molar-refractivity contribution in [2.45, 2.75) is 12.8 Å². The third-order valence-corrected chi connectivity index (χ3v) is 3.35. The summed E-state index contributed by atoms with van der Waals surface area (Å²) < 4.78 is 1.78. The fraction of sp³-hybridized carbons (Fsp3) is 0.417. The van der Waals surface area contributed by atoms with Crippen LogP contribution in [-0.2, 0) is 6.42 Å². The third-order valence-electron chi connectivity index (χ3n) is 3.35. The van der Waals surface area contributed by atoms with Crippen molar-refractivity contribution < 1.29 is 9.90 Å². The zero-order valence-corrected chi connectivity index (χ0v) is 9.83. The van der Waals surface area contributed by atoms with E-state index in [1.165, 1.54) is 0 Å². The van der Waals surface area contributed by atoms with Crippen LogP contribution < -0.4 is 5.32 Å². The van der Waals surface area contributed by atoms with Crippen molar-refractivity contribution >= 4 is 11.6 Å². The topological polar surface area (TPSA) is 79.5 Å². The van der Waals surface area contributed by atoms with Crippen LogP contribution >= 0.6 is 0 Å². The van der Waals surface area contributed by atoms with Crippen LogP contribution in [0.4, 0.5) is 0 Å². The molecule has 1 aliphatic rings. The SMILES string of the molecule is O=C(O)c1ccc2nnc(CC3CCNC3)n2c1. The monoisotopic (exact) mass is 246 g/mol. The largest absolute Gasteiger partial charge is 0.478 e. The zero-order chi connectivity index (χ0) is 12.5. The number of fused-ring (bicyclic) bond motifs is 1. The van der Waals surface area contributed by atoms with Crippen molar-refractivity contribution in [1.29, 1.82) is 0 Å². The van der Waals surface area contributed by atoms with Gasteiger partial charge in [-0.25, -0.2) is 4.79 Å². The van der Waals surface area contributed by atoms with Gasteiger partial charge in [-0.1, -0.05) is 0 Å². The maximum atomic E-state index is 11.0. The van der Waals surface area contributed by atoms with E-state index in [4.69, 9.17) is 5.11 Å². The van der Waals surface area contributed by atoms with Gasteiger partial charge in [0.1, 0.15) is 5.82 Å². The number of rotatable bonds is 3. The molecular formula is C12H14N4O2. The number of pyridine rings is 1. The van der Waals surface area contributed by atoms with E-state index in [1.807, 2.05) is 0 Å². The lowest BCUT2D eigenvalue weighted by Crippen LogP contribution is -2.12. The summed E-state index contributed by atoms with van der Waals surface area (Å²) in [6, 6.07) is 3.24. The molecule has 0 aromatic carbocycles. The summed E-state index contributed by atoms with van der Waals surface area (Å²) in [4.78, 5) is 11.0. The van der Waals surface area contributed by atoms with Crippen LogP contribution in [0.15, 0.2) is 18.3 Å². The molecule has 2 aromatic rings. The van der Waals surface area contributed by atoms with Gasteiger partial charge in [-0.2, -0.15) is 0 Å². The number of aromatic carboxylic acids is 1. The molecule has 2 aromatic heterocycles. The summed E-state index contributed by atoms with van der Waals surface area (Å²) in [7, 11) is 0. The first-order chi connectivity index (χ1) is 8.74. The average Bonchev–Trinajstić information content (AvgIpc) is 2.99. The lowest BCUT2D eigenvalue weighted by atomic mass is 10.0. The van der Waals surface area contributed by atoms with E-state index >= 15 is 0 Å². The molecule has 1 fully saturated rings. The molecule has 1 aliphatic heterocycles. The van der Waals surface area contributed by atoms with E-state index in [-0.39, 0.29) is 5.56 Å². The van der Waals surface area contributed by atoms with Gasteiger partial charge in [0.2, 0.25) is 0 Å². The maximum Gasteiger partial charge on any atom is 0.337 e. The normalized spacial score (nSPS) is 19.4. The summed E-state index contributed by atoms with van der Waals surface area (Å²) >= 11 is 0. The van der Waals surface area contributed by atoms with Gasteiger partial charge in [-0.15, -0.1) is 10.2 Å². The lowest BCUT2D eigenvalue weighted by molar-refractivity contribution is 0.0696. The Hall–Kier alpha value is -1.95. The van der Waals surface area contributed by atoms with Crippen LogP contribution in [0.2, 0.25) is 0 Å². The lowest BCUT2D eigenvalue weighted by Gasteiger charge is -2.06. The minimum absolute atomic E-state index is 0.257. The second kappa shape index (κ2) is 4.38. The number of aromatic nitrogens is 3. The van der Waals surface area contributed by atoms with Crippen LogP contribution in [0.1, 0.15) is 22.6 Å². The molecule has 0 saturated carbocycles. The van der Waals surface area contributed by atoms with Gasteiger partial charge in [-0.05, 0) is 37.6 Å². The smallest absolute Gasteiger partial charge is 0.337 e. The van der Waals surface area contributed by atoms with Crippen molar-refractivity contribution in [1.82, 2.24) is 19.9 Å². The van der Waals surface area contributed by atoms with Crippen LogP contribution in [0, 0.1) is 5.92 Å². The Morgan fingerprint density at radius 2 is 2.39 bits per heavy atom. The number of nitrogens with one attached hydrogen (secondary N) is 1. The molecule has 0 aliphatic carbocycles. The highest BCUT2D eigenvalue weighted by Gasteiger charge is 2.18. The number of carbonyl (C=O) groups is 1. The minimum Gasteiger partial charge on any atom is -0.478 e. The first-order valence-electron chi connectivity index (χ1n) is 6.02. The van der Waals surface area contributed by atoms with E-state index in [0.29, 0.717) is 11.6 Å². The van der Waals surface area contributed by atoms with Crippen molar-refractivity contribution in [3.8, 4) is 0 Å². The second-order valence-corrected chi connectivity index (χ2v) is 4.63. The maximum absolute atomic E-state index is 11.0. The molecule has 0 bridgehead atoms. The van der Waals surface area contributed by atoms with Gasteiger partial charge < -0.3 is 10.4 Å². The van der Waals surface area contributed by atoms with Crippen molar-refractivity contribution in [2.75, 3.05) is 13.1 Å². The first kappa shape index (κ1) is 11.2. The van der Waals surface area contributed by atoms with Crippen LogP contribution in [0.5, 0.6) is 0 Å². The summed E-state index contributed by atoms with van der Waals surface area (Å²) in [6.07, 6.45) is 3.56. The van der Waals surface area contributed by atoms with Gasteiger partial charge >= 0.3 is 5.97 Å². The van der Waals surface area contributed by atoms with Crippen molar-refractivity contribution in [3.63, 3.8) is 0 Å². The number of hydrogen-bond donors (Lipinski definition) is 2. The number of nitrogens with zero attached hydrogens (tertiary/aromatic N) is 3. The molecule has 94 valence electrons. The van der Waals surface area contributed by atoms with E-state index in [9.17, 15) is 4.79 Å². The van der Waals surface area contributed by atoms with E-state index in [2.05, 4.69) is 15.5 Å². The Bertz CT molecular complexity index is 587. The molecule has 0 spiro atoms. The van der Waals surface area contributed by atoms with Crippen LogP contribution in [-0.4, -0.2) is 38.8 Å². The molecule has 2 N–H and O–H groups in total. The molecule has 0 amide bonds. The van der Waals surface area contributed by atoms with Gasteiger partial charge in [0, 0.05) is 12.6 Å². The highest BCUT2D eigenvalue weighted by molar-refractivity contribution is 5.87. The fourth-order valence-electron chi connectivity index (χ4n) is 2.35. The Labute approximate surface area is 104 Å². The van der Waals surface area contributed by atoms with E-state index < -0.39 is 5.97 Å². The third kappa shape index (κ3) is 1.95. The molecule has 18 heavy (non-hydrogen) atoms. The highest BCUT2D eigenvalue weighted by atomic mass is 16.4. The number of hydrogen-bond acceptors (Lipinski definition) is 4. The molecule has 1 atom stereocenters. The Morgan fingerprint density at radius 3 is 3.11 bits per heavy atom. The minimum atomic E-state index is -0.931. The quantitative estimate of drug-likeness (QED) is 0.828. The number of carboxylic acid groups (broad SMARTS) is 1. The molecule has 6 nitrogen and oxygen atoms in total. The molecule has 1 saturated heterocycles. The van der Waals surface area contributed by atoms with Gasteiger partial charge in [0.15, 0.2) is 5.65 Å². The van der Waals surface area contributed by atoms with Gasteiger partial charge in [0.25, 0.3) is 0 Å². The summed E-state index contributed by atoms with van der Waals surface area (Å²) in [5, 5.41) is 20.5. The Kier molecular flexibility index (Phi) is 2.71. The molecule has 3 heterocycles. The predicted molar refractivity (Wildman–Crippen MR) is 64.6 cm³/mol. The average molecular weight is 246 g/mol. The summed E-state index contributed by atoms with van der Waals surface area (Å²) in [6.45, 7) is 2.04. The van der Waals surface area contributed by atoms with Crippen molar-refractivity contribution in [3.05, 3.63) is 29.7 Å². The van der Waals surface area contributed by atoms with Crippen LogP contribution in [0.25, 0.3) is 5.65 Å². The van der Waals surface area contributed by atoms with E-state index in [0.717, 1.165) is 31.8 Å². The van der Waals surface area contributed by atoms with Crippen LogP contribution in [0.3, 0.4) is 0 Å². The molecule has 0 radical (unpaired) electrons. The standard InChI is InChI=1S/C12H14N4O2/c17-12(18)9-1-2-10-14-15-11(16(10)7-9)5-8-3-4-13-6-8/h1-2,7-8,13H,3-6H2,(H,17,18). The van der Waals surface area contributed by atoms with E-state index in [1.54, 1.807) is 22.7 Å². The fourth-order valence-corrected chi connectivity index (χ4v) is 2.35. The molecule has 3 rings (SSSR count). The van der Waals surface area contributed by atoms with Gasteiger partial charge in [-0.3, -0.25) is 4.40 Å². The summed E-state index contributed by atoms with van der Waals surface area (Å²) in [5.41, 5.74) is 0.953. The Morgan fingerprint density at radius 1 is 1.50 bits per heavy atom. The molecular weight excluding hydrogens is 232 g/mol. The molecule has 6 heteroatoms. The second-order valence-electron chi connectivity index (χ2n) is 4.63.